The van der Waals surface area contributed by atoms with Gasteiger partial charge in [0.2, 0.25) is 0 Å². The number of carboxylic acids is 4. The molecule has 0 saturated heterocycles. The molecule has 8 N–H and O–H groups in total. The van der Waals surface area contributed by atoms with E-state index >= 15 is 0 Å². The molecule has 0 aliphatic heterocycles. The molecule has 92 heavy (non-hydrogen) atoms. The van der Waals surface area contributed by atoms with Crippen LogP contribution in [0.3, 0.4) is 0 Å². The van der Waals surface area contributed by atoms with E-state index in [0.717, 1.165) is 135 Å². The molecule has 0 unspecified atom stereocenters. The summed E-state index contributed by atoms with van der Waals surface area (Å²) in [5, 5.41) is 42.4. The summed E-state index contributed by atoms with van der Waals surface area (Å²) in [5.74, 6) is -1.83. The molecule has 17 rings (SSSR count). The summed E-state index contributed by atoms with van der Waals surface area (Å²) in [7, 11) is 0. The molecule has 0 fully saturated rings. The zero-order valence-corrected chi connectivity index (χ0v) is 49.2. The van der Waals surface area contributed by atoms with Gasteiger partial charge < -0.3 is 79.5 Å². The fraction of sp³-hybridized carbons (Fsp3) is 0. The van der Waals surface area contributed by atoms with Crippen LogP contribution < -0.4 is 20.4 Å². The van der Waals surface area contributed by atoms with Crippen LogP contribution in [0.1, 0.15) is 41.4 Å². The molecular weight excluding hydrogens is 1260 g/mol. The molecule has 0 bridgehead atoms. The standard InChI is InChI=1S/4C14H10N4.C10H6O8.2Co/c4*1-2-6-10-9(5-1)15-13(16-10)14-17-11-7-3-4-8-12(11)18-14;11-7(12)3-1-4(8(13)14)6(10(17)18)2-5(3)9(15)16;;/h4*1-8H,(H,15,16)(H,17,18);1-2H,(H,11,12)(H,13,14)(H,15,16)(H,17,18);;/q;;;;;2*+2/p-4. The molecule has 26 heteroatoms. The number of aromatic amines is 8. The molecule has 0 atom stereocenters. The Morgan fingerprint density at radius 1 is 0.217 bits per heavy atom. The minimum absolute atomic E-state index is 0. The number of rotatable bonds is 8. The van der Waals surface area contributed by atoms with Crippen molar-refractivity contribution in [1.82, 2.24) is 79.7 Å². The van der Waals surface area contributed by atoms with Crippen LogP contribution in [0.2, 0.25) is 0 Å². The van der Waals surface area contributed by atoms with Gasteiger partial charge in [-0.15, -0.1) is 0 Å². The van der Waals surface area contributed by atoms with Gasteiger partial charge in [0.25, 0.3) is 0 Å². The molecule has 9 aromatic carbocycles. The summed E-state index contributed by atoms with van der Waals surface area (Å²) >= 11 is 0. The minimum Gasteiger partial charge on any atom is -0.545 e. The van der Waals surface area contributed by atoms with Gasteiger partial charge in [0.05, 0.1) is 112 Å². The molecule has 0 spiro atoms. The molecule has 8 aromatic heterocycles. The van der Waals surface area contributed by atoms with E-state index in [1.165, 1.54) is 0 Å². The van der Waals surface area contributed by atoms with E-state index in [1.54, 1.807) is 0 Å². The topological polar surface area (TPSA) is 390 Å². The summed E-state index contributed by atoms with van der Waals surface area (Å²) in [4.78, 5) is 105. The second kappa shape index (κ2) is 26.5. The first-order chi connectivity index (χ1) is 43.8. The van der Waals surface area contributed by atoms with E-state index < -0.39 is 46.1 Å². The Hall–Kier alpha value is -12.4. The Bertz CT molecular complexity index is 4320. The third kappa shape index (κ3) is 12.9. The van der Waals surface area contributed by atoms with Gasteiger partial charge in [0, 0.05) is 22.3 Å². The van der Waals surface area contributed by atoms with Crippen LogP contribution in [0.15, 0.2) is 206 Å². The number of fused-ring (bicyclic) bond motifs is 8. The predicted molar refractivity (Wildman–Crippen MR) is 328 cm³/mol. The molecule has 2 radical (unpaired) electrons. The second-order valence-electron chi connectivity index (χ2n) is 19.9. The number of hydrogen-bond donors (Lipinski definition) is 8. The van der Waals surface area contributed by atoms with Crippen molar-refractivity contribution in [3.05, 3.63) is 229 Å². The van der Waals surface area contributed by atoms with E-state index in [2.05, 4.69) is 79.7 Å². The largest absolute Gasteiger partial charge is 2.00 e. The van der Waals surface area contributed by atoms with Crippen LogP contribution in [0.5, 0.6) is 0 Å². The Morgan fingerprint density at radius 2 is 0.337 bits per heavy atom. The SMILES string of the molecule is O=C([O-])c1cc(C(=O)[O-])c(C(=O)[O-])cc1C(=O)[O-].[Co+2].[Co+2].c1ccc2[nH]c(-c3nc4ccccc4[nH]3)nc2c1.c1ccc2[nH]c(-c3nc4ccccc4[nH]3)nc2c1.c1ccc2[nH]c(-c3nc4ccccc4[nH]3)nc2c1.c1ccc2[nH]c(-c3nc4ccccc4[nH]3)nc2c1. The summed E-state index contributed by atoms with van der Waals surface area (Å²) in [6, 6.07) is 64.3. The quantitative estimate of drug-likeness (QED) is 0.0727. The maximum atomic E-state index is 10.6. The number of para-hydroxylation sites is 16. The molecule has 0 amide bonds. The van der Waals surface area contributed by atoms with Crippen molar-refractivity contribution >= 4 is 112 Å². The average Bonchev–Trinajstić information content (AvgIpc) is 1.40. The number of aromatic nitrogens is 16. The molecule has 17 aromatic rings. The number of nitrogens with zero attached hydrogens (tertiary/aromatic N) is 8. The normalized spacial score (nSPS) is 10.8. The summed E-state index contributed by atoms with van der Waals surface area (Å²) in [6.07, 6.45) is 0. The van der Waals surface area contributed by atoms with E-state index in [-0.39, 0.29) is 33.6 Å². The molecule has 0 aliphatic rings. The Morgan fingerprint density at radius 3 is 0.446 bits per heavy atom. The number of benzene rings is 9. The van der Waals surface area contributed by atoms with Crippen molar-refractivity contribution in [2.45, 2.75) is 0 Å². The molecule has 452 valence electrons. The predicted octanol–water partition coefficient (Wildman–Crippen LogP) is 7.56. The minimum atomic E-state index is -2.00. The van der Waals surface area contributed by atoms with Crippen LogP contribution in [0, 0.1) is 0 Å². The molecule has 8 heterocycles. The molecule has 0 saturated carbocycles. The molecule has 0 aliphatic carbocycles. The Balaban J connectivity index is 0.000000117. The van der Waals surface area contributed by atoms with E-state index in [9.17, 15) is 39.6 Å². The van der Waals surface area contributed by atoms with E-state index in [0.29, 0.717) is 12.1 Å². The summed E-state index contributed by atoms with van der Waals surface area (Å²) in [6.45, 7) is 0. The monoisotopic (exact) mass is 1300 g/mol. The van der Waals surface area contributed by atoms with Crippen LogP contribution >= 0.6 is 0 Å². The summed E-state index contributed by atoms with van der Waals surface area (Å²) in [5.41, 5.74) is 11.7. The van der Waals surface area contributed by atoms with E-state index in [4.69, 9.17) is 0 Å². The van der Waals surface area contributed by atoms with Gasteiger partial charge in [-0.3, -0.25) is 0 Å². The van der Waals surface area contributed by atoms with Crippen LogP contribution in [0.25, 0.3) is 135 Å². The zero-order valence-electron chi connectivity index (χ0n) is 47.1. The van der Waals surface area contributed by atoms with Crippen LogP contribution in [0.4, 0.5) is 0 Å². The third-order valence-electron chi connectivity index (χ3n) is 14.0. The number of carboxylic acid groups (broad SMARTS) is 4. The fourth-order valence-electron chi connectivity index (χ4n) is 9.79. The number of hydrogen-bond acceptors (Lipinski definition) is 16. The first-order valence-electron chi connectivity index (χ1n) is 27.5. The van der Waals surface area contributed by atoms with Crippen molar-refractivity contribution in [3.63, 3.8) is 0 Å². The first-order valence-corrected chi connectivity index (χ1v) is 27.5. The molecular formula is C66H42Co2N16O8. The average molecular weight is 1310 g/mol. The Labute approximate surface area is 537 Å². The van der Waals surface area contributed by atoms with Crippen molar-refractivity contribution in [1.29, 1.82) is 0 Å². The zero-order chi connectivity index (χ0) is 61.8. The van der Waals surface area contributed by atoms with E-state index in [1.807, 2.05) is 194 Å². The number of aromatic carboxylic acids is 4. The van der Waals surface area contributed by atoms with Crippen LogP contribution in [-0.4, -0.2) is 104 Å². The van der Waals surface area contributed by atoms with Crippen molar-refractivity contribution in [2.24, 2.45) is 0 Å². The van der Waals surface area contributed by atoms with Gasteiger partial charge in [0.1, 0.15) is 0 Å². The summed E-state index contributed by atoms with van der Waals surface area (Å²) < 4.78 is 0. The van der Waals surface area contributed by atoms with Crippen LogP contribution in [-0.2, 0) is 33.6 Å². The second-order valence-corrected chi connectivity index (χ2v) is 19.9. The van der Waals surface area contributed by atoms with Gasteiger partial charge in [-0.05, 0) is 109 Å². The van der Waals surface area contributed by atoms with Gasteiger partial charge in [-0.1, -0.05) is 97.1 Å². The maximum absolute atomic E-state index is 10.6. The number of imidazole rings is 8. The van der Waals surface area contributed by atoms with Gasteiger partial charge in [0.15, 0.2) is 46.6 Å². The van der Waals surface area contributed by atoms with Gasteiger partial charge in [-0.2, -0.15) is 0 Å². The maximum Gasteiger partial charge on any atom is 2.00 e. The van der Waals surface area contributed by atoms with Gasteiger partial charge in [-0.25, -0.2) is 39.9 Å². The van der Waals surface area contributed by atoms with Gasteiger partial charge >= 0.3 is 33.6 Å². The smallest absolute Gasteiger partial charge is 0.545 e. The van der Waals surface area contributed by atoms with Crippen molar-refractivity contribution in [3.8, 4) is 46.6 Å². The van der Waals surface area contributed by atoms with Crippen molar-refractivity contribution < 1.29 is 73.2 Å². The number of carbonyl (C=O) groups is 4. The number of carbonyl (C=O) groups excluding carboxylic acids is 4. The molecule has 24 nitrogen and oxygen atoms in total. The Kier molecular flexibility index (Phi) is 17.7. The first kappa shape index (κ1) is 61.3. The number of H-pyrrole nitrogens is 8. The third-order valence-corrected chi connectivity index (χ3v) is 14.0. The number of nitrogens with one attached hydrogen (secondary N) is 8. The van der Waals surface area contributed by atoms with Crippen molar-refractivity contribution in [2.75, 3.05) is 0 Å². The fourth-order valence-corrected chi connectivity index (χ4v) is 9.79.